The van der Waals surface area contributed by atoms with Gasteiger partial charge in [0, 0.05) is 18.0 Å². The Morgan fingerprint density at radius 2 is 1.65 bits per heavy atom. The van der Waals surface area contributed by atoms with Crippen molar-refractivity contribution in [3.63, 3.8) is 0 Å². The number of carbonyl (C=O) groups excluding carboxylic acids is 3. The number of hydrogen-bond acceptors (Lipinski definition) is 9. The Morgan fingerprint density at radius 1 is 0.946 bits per heavy atom. The topological polar surface area (TPSA) is 128 Å². The van der Waals surface area contributed by atoms with Crippen LogP contribution in [0.3, 0.4) is 0 Å². The zero-order chi connectivity index (χ0) is 26.6. The lowest BCUT2D eigenvalue weighted by molar-refractivity contribution is -0.143. The molecule has 1 amide bonds. The van der Waals surface area contributed by atoms with Crippen molar-refractivity contribution in [1.82, 2.24) is 4.98 Å². The number of esters is 1. The highest BCUT2D eigenvalue weighted by atomic mass is 16.5. The van der Waals surface area contributed by atoms with Crippen molar-refractivity contribution in [3.05, 3.63) is 35.0 Å². The fraction of sp³-hybridized carbons (Fsp3) is 0.346. The summed E-state index contributed by atoms with van der Waals surface area (Å²) in [6.07, 6.45) is 0.434. The molecule has 2 aliphatic heterocycles. The van der Waals surface area contributed by atoms with Gasteiger partial charge in [-0.15, -0.1) is 0 Å². The Labute approximate surface area is 212 Å². The standard InChI is InChI=1S/C26H27N3O8/c1-26(25(32)37-6)23(30)18-13-7-8-29(15(13)11-16(33-2)20(18)28-26)24(31)14-9-12-10-17(34-3)21(35-4)22(36-5)19(12)27-14/h9-11,27-28H,7-8H2,1-6H3/t26-/m1/s1. The first-order chi connectivity index (χ1) is 17.7. The van der Waals surface area contributed by atoms with Gasteiger partial charge in [-0.2, -0.15) is 0 Å². The normalized spacial score (nSPS) is 17.8. The van der Waals surface area contributed by atoms with E-state index in [-0.39, 0.29) is 5.91 Å². The van der Waals surface area contributed by atoms with Gasteiger partial charge in [-0.25, -0.2) is 4.79 Å². The van der Waals surface area contributed by atoms with E-state index in [4.69, 9.17) is 23.7 Å². The first kappa shape index (κ1) is 24.3. The molecular weight excluding hydrogens is 482 g/mol. The molecule has 0 radical (unpaired) electrons. The molecule has 2 aliphatic rings. The smallest absolute Gasteiger partial charge is 0.339 e. The molecular formula is C26H27N3O8. The van der Waals surface area contributed by atoms with Crippen molar-refractivity contribution in [1.29, 1.82) is 0 Å². The summed E-state index contributed by atoms with van der Waals surface area (Å²) < 4.78 is 26.8. The summed E-state index contributed by atoms with van der Waals surface area (Å²) in [7, 11) is 7.24. The molecule has 2 aromatic carbocycles. The van der Waals surface area contributed by atoms with Gasteiger partial charge in [0.1, 0.15) is 11.4 Å². The number of hydrogen-bond donors (Lipinski definition) is 2. The van der Waals surface area contributed by atoms with Crippen LogP contribution in [0.25, 0.3) is 10.9 Å². The van der Waals surface area contributed by atoms with Crippen LogP contribution in [0.4, 0.5) is 11.4 Å². The van der Waals surface area contributed by atoms with E-state index >= 15 is 0 Å². The maximum absolute atomic E-state index is 13.7. The SMILES string of the molecule is COC(=O)[C@]1(C)Nc2c(OC)cc3c(c2C1=O)CCN3C(=O)c1cc2cc(OC)c(OC)c(OC)c2[nH]1. The molecule has 0 bridgehead atoms. The summed E-state index contributed by atoms with van der Waals surface area (Å²) in [5, 5.41) is 3.70. The van der Waals surface area contributed by atoms with Crippen LogP contribution in [-0.2, 0) is 16.0 Å². The van der Waals surface area contributed by atoms with Gasteiger partial charge in [-0.1, -0.05) is 0 Å². The largest absolute Gasteiger partial charge is 0.494 e. The number of ether oxygens (including phenoxy) is 5. The molecule has 0 saturated carbocycles. The number of Topliss-reactive ketones (excluding diaryl/α,β-unsaturated/α-hetero) is 1. The molecule has 0 fully saturated rings. The van der Waals surface area contributed by atoms with Crippen LogP contribution in [0.5, 0.6) is 23.0 Å². The number of aromatic nitrogens is 1. The average Bonchev–Trinajstić information content (AvgIpc) is 3.60. The van der Waals surface area contributed by atoms with Crippen molar-refractivity contribution in [2.24, 2.45) is 0 Å². The predicted molar refractivity (Wildman–Crippen MR) is 135 cm³/mol. The molecule has 5 rings (SSSR count). The fourth-order valence-electron chi connectivity index (χ4n) is 5.18. The Hall–Kier alpha value is -4.41. The molecule has 3 heterocycles. The van der Waals surface area contributed by atoms with Crippen molar-refractivity contribution in [2.45, 2.75) is 18.9 Å². The van der Waals surface area contributed by atoms with Gasteiger partial charge in [0.2, 0.25) is 11.5 Å². The van der Waals surface area contributed by atoms with Gasteiger partial charge in [-0.05, 0) is 31.0 Å². The Kier molecular flexibility index (Phi) is 5.65. The highest BCUT2D eigenvalue weighted by molar-refractivity contribution is 6.26. The monoisotopic (exact) mass is 509 g/mol. The van der Waals surface area contributed by atoms with E-state index in [1.807, 2.05) is 0 Å². The molecule has 11 nitrogen and oxygen atoms in total. The third-order valence-electron chi connectivity index (χ3n) is 7.02. The Morgan fingerprint density at radius 3 is 2.27 bits per heavy atom. The third-order valence-corrected chi connectivity index (χ3v) is 7.02. The second kappa shape index (κ2) is 8.61. The molecule has 194 valence electrons. The number of anilines is 2. The summed E-state index contributed by atoms with van der Waals surface area (Å²) in [4.78, 5) is 44.4. The molecule has 11 heteroatoms. The second-order valence-electron chi connectivity index (χ2n) is 8.90. The predicted octanol–water partition coefficient (Wildman–Crippen LogP) is 2.95. The summed E-state index contributed by atoms with van der Waals surface area (Å²) in [5.74, 6) is 0.215. The van der Waals surface area contributed by atoms with Crippen LogP contribution in [0.15, 0.2) is 18.2 Å². The van der Waals surface area contributed by atoms with E-state index in [9.17, 15) is 14.4 Å². The number of methoxy groups -OCH3 is 5. The lowest BCUT2D eigenvalue weighted by Crippen LogP contribution is -2.47. The van der Waals surface area contributed by atoms with Crippen molar-refractivity contribution in [2.75, 3.05) is 52.3 Å². The van der Waals surface area contributed by atoms with Crippen LogP contribution in [-0.4, -0.2) is 70.3 Å². The minimum absolute atomic E-state index is 0.300. The lowest BCUT2D eigenvalue weighted by atomic mass is 9.92. The zero-order valence-corrected chi connectivity index (χ0v) is 21.4. The highest BCUT2D eigenvalue weighted by Gasteiger charge is 2.52. The molecule has 1 atom stereocenters. The van der Waals surface area contributed by atoms with Crippen LogP contribution in [0.2, 0.25) is 0 Å². The average molecular weight is 510 g/mol. The van der Waals surface area contributed by atoms with Crippen molar-refractivity contribution < 1.29 is 38.1 Å². The number of benzene rings is 2. The third kappa shape index (κ3) is 3.30. The van der Waals surface area contributed by atoms with Crippen LogP contribution in [0, 0.1) is 0 Å². The molecule has 0 saturated heterocycles. The number of ketones is 1. The first-order valence-electron chi connectivity index (χ1n) is 11.5. The van der Waals surface area contributed by atoms with E-state index < -0.39 is 17.3 Å². The maximum atomic E-state index is 13.7. The van der Waals surface area contributed by atoms with Gasteiger partial charge in [-0.3, -0.25) is 9.59 Å². The van der Waals surface area contributed by atoms with E-state index in [0.717, 1.165) is 0 Å². The summed E-state index contributed by atoms with van der Waals surface area (Å²) in [5.41, 5.74) is 1.30. The number of amides is 1. The van der Waals surface area contributed by atoms with E-state index in [0.29, 0.717) is 75.1 Å². The van der Waals surface area contributed by atoms with Gasteiger partial charge in [0.05, 0.1) is 58.0 Å². The summed E-state index contributed by atoms with van der Waals surface area (Å²) in [6.45, 7) is 1.82. The fourth-order valence-corrected chi connectivity index (χ4v) is 5.18. The molecule has 3 aromatic rings. The van der Waals surface area contributed by atoms with Crippen molar-refractivity contribution >= 4 is 39.9 Å². The quantitative estimate of drug-likeness (QED) is 0.381. The van der Waals surface area contributed by atoms with Crippen LogP contribution in [0.1, 0.15) is 33.3 Å². The minimum atomic E-state index is -1.58. The van der Waals surface area contributed by atoms with Crippen molar-refractivity contribution in [3.8, 4) is 23.0 Å². The zero-order valence-electron chi connectivity index (χ0n) is 21.4. The molecule has 0 aliphatic carbocycles. The number of aromatic amines is 1. The number of fused-ring (bicyclic) bond motifs is 4. The number of nitrogens with zero attached hydrogens (tertiary/aromatic N) is 1. The van der Waals surface area contributed by atoms with Gasteiger partial charge >= 0.3 is 5.97 Å². The molecule has 37 heavy (non-hydrogen) atoms. The van der Waals surface area contributed by atoms with Gasteiger partial charge in [0.25, 0.3) is 5.91 Å². The van der Waals surface area contributed by atoms with Gasteiger partial charge < -0.3 is 38.9 Å². The van der Waals surface area contributed by atoms with E-state index in [2.05, 4.69) is 10.3 Å². The highest BCUT2D eigenvalue weighted by Crippen LogP contribution is 2.48. The Bertz CT molecular complexity index is 1480. The Balaban J connectivity index is 1.59. The first-order valence-corrected chi connectivity index (χ1v) is 11.5. The number of rotatable bonds is 6. The number of H-pyrrole nitrogens is 1. The summed E-state index contributed by atoms with van der Waals surface area (Å²) in [6, 6.07) is 5.18. The molecule has 2 N–H and O–H groups in total. The van der Waals surface area contributed by atoms with Gasteiger partial charge in [0.15, 0.2) is 17.0 Å². The minimum Gasteiger partial charge on any atom is -0.494 e. The van der Waals surface area contributed by atoms with Crippen LogP contribution >= 0.6 is 0 Å². The maximum Gasteiger partial charge on any atom is 0.339 e. The molecule has 0 spiro atoms. The molecule has 0 unspecified atom stereocenters. The number of nitrogens with one attached hydrogen (secondary N) is 2. The lowest BCUT2D eigenvalue weighted by Gasteiger charge is -2.20. The molecule has 1 aromatic heterocycles. The van der Waals surface area contributed by atoms with E-state index in [1.165, 1.54) is 42.5 Å². The second-order valence-corrected chi connectivity index (χ2v) is 8.90. The summed E-state index contributed by atoms with van der Waals surface area (Å²) >= 11 is 0. The van der Waals surface area contributed by atoms with E-state index in [1.54, 1.807) is 23.1 Å². The van der Waals surface area contributed by atoms with Crippen LogP contribution < -0.4 is 29.2 Å². The number of carbonyl (C=O) groups is 3.